The van der Waals surface area contributed by atoms with Gasteiger partial charge in [0.15, 0.2) is 5.41 Å². The van der Waals surface area contributed by atoms with Gasteiger partial charge in [-0.15, -0.1) is 0 Å². The summed E-state index contributed by atoms with van der Waals surface area (Å²) in [4.78, 5) is 40.7. The monoisotopic (exact) mass is 415 g/mol. The molecule has 2 saturated carbocycles. The fourth-order valence-corrected chi connectivity index (χ4v) is 6.42. The Morgan fingerprint density at radius 1 is 1.13 bits per heavy atom. The summed E-state index contributed by atoms with van der Waals surface area (Å²) in [7, 11) is 1.35. The SMILES string of the molecule is CCOC(=O)C1(C(=O)OCC)C[C@H]2[C@@]3(CO3)[C@@H]3N(C(=O)OC)c4ccccc4[C@]23C1. The molecule has 2 spiro atoms. The molecular formula is C22H25NO7. The van der Waals surface area contributed by atoms with Crippen LogP contribution in [0.1, 0.15) is 32.3 Å². The third kappa shape index (κ3) is 2.02. The minimum Gasteiger partial charge on any atom is -0.465 e. The third-order valence-electron chi connectivity index (χ3n) is 7.41. The highest BCUT2D eigenvalue weighted by Gasteiger charge is 2.88. The first-order valence-corrected chi connectivity index (χ1v) is 10.4. The summed E-state index contributed by atoms with van der Waals surface area (Å²) in [5.41, 5.74) is -0.879. The Morgan fingerprint density at radius 3 is 2.33 bits per heavy atom. The molecule has 0 unspecified atom stereocenters. The Hall–Kier alpha value is -2.61. The molecular weight excluding hydrogens is 390 g/mol. The molecule has 4 aliphatic rings. The molecule has 30 heavy (non-hydrogen) atoms. The zero-order chi connectivity index (χ0) is 21.3. The van der Waals surface area contributed by atoms with Gasteiger partial charge in [-0.3, -0.25) is 14.5 Å². The largest absolute Gasteiger partial charge is 0.465 e. The van der Waals surface area contributed by atoms with Crippen LogP contribution < -0.4 is 4.90 Å². The van der Waals surface area contributed by atoms with Crippen LogP contribution in [0.5, 0.6) is 0 Å². The lowest BCUT2D eigenvalue weighted by Gasteiger charge is -2.55. The van der Waals surface area contributed by atoms with Crippen LogP contribution in [0.3, 0.4) is 0 Å². The van der Waals surface area contributed by atoms with E-state index in [0.29, 0.717) is 6.61 Å². The lowest BCUT2D eigenvalue weighted by Crippen LogP contribution is -2.71. The summed E-state index contributed by atoms with van der Waals surface area (Å²) >= 11 is 0. The third-order valence-corrected chi connectivity index (χ3v) is 7.41. The van der Waals surface area contributed by atoms with Crippen molar-refractivity contribution in [2.75, 3.05) is 31.8 Å². The van der Waals surface area contributed by atoms with Crippen LogP contribution in [-0.4, -0.2) is 56.6 Å². The summed E-state index contributed by atoms with van der Waals surface area (Å²) < 4.78 is 21.7. The number of carbonyl (C=O) groups excluding carboxylic acids is 3. The van der Waals surface area contributed by atoms with Gasteiger partial charge in [-0.25, -0.2) is 4.79 Å². The van der Waals surface area contributed by atoms with Crippen molar-refractivity contribution in [2.24, 2.45) is 11.3 Å². The number of hydrogen-bond donors (Lipinski definition) is 0. The number of esters is 2. The van der Waals surface area contributed by atoms with Gasteiger partial charge in [-0.1, -0.05) is 18.2 Å². The van der Waals surface area contributed by atoms with Gasteiger partial charge in [0, 0.05) is 11.3 Å². The number of methoxy groups -OCH3 is 1. The van der Waals surface area contributed by atoms with Crippen molar-refractivity contribution in [1.29, 1.82) is 0 Å². The fourth-order valence-electron chi connectivity index (χ4n) is 6.42. The van der Waals surface area contributed by atoms with Crippen LogP contribution in [0.25, 0.3) is 0 Å². The molecule has 8 nitrogen and oxygen atoms in total. The number of hydrogen-bond acceptors (Lipinski definition) is 7. The lowest BCUT2D eigenvalue weighted by atomic mass is 9.50. The van der Waals surface area contributed by atoms with Crippen LogP contribution in [-0.2, 0) is 34.0 Å². The molecule has 8 heteroatoms. The van der Waals surface area contributed by atoms with E-state index < -0.39 is 34.5 Å². The molecule has 5 rings (SSSR count). The summed E-state index contributed by atoms with van der Waals surface area (Å²) in [5, 5.41) is 0. The number of epoxide rings is 1. The van der Waals surface area contributed by atoms with E-state index in [2.05, 4.69) is 0 Å². The van der Waals surface area contributed by atoms with Crippen molar-refractivity contribution in [2.45, 2.75) is 43.7 Å². The smallest absolute Gasteiger partial charge is 0.414 e. The summed E-state index contributed by atoms with van der Waals surface area (Å²) in [6, 6.07) is 7.30. The zero-order valence-corrected chi connectivity index (χ0v) is 17.3. The van der Waals surface area contributed by atoms with E-state index >= 15 is 0 Å². The highest BCUT2D eigenvalue weighted by atomic mass is 16.6. The minimum atomic E-state index is -1.41. The number of fused-ring (bicyclic) bond motifs is 3. The van der Waals surface area contributed by atoms with Crippen LogP contribution in [0.15, 0.2) is 24.3 Å². The highest BCUT2D eigenvalue weighted by Crippen LogP contribution is 2.78. The molecule has 0 aromatic heterocycles. The zero-order valence-electron chi connectivity index (χ0n) is 17.3. The van der Waals surface area contributed by atoms with Gasteiger partial charge >= 0.3 is 18.0 Å². The predicted molar refractivity (Wildman–Crippen MR) is 104 cm³/mol. The Morgan fingerprint density at radius 2 is 1.77 bits per heavy atom. The molecule has 1 amide bonds. The molecule has 3 fully saturated rings. The average molecular weight is 415 g/mol. The number of benzene rings is 1. The number of ether oxygens (including phenoxy) is 4. The molecule has 160 valence electrons. The molecule has 1 aromatic rings. The van der Waals surface area contributed by atoms with E-state index in [4.69, 9.17) is 18.9 Å². The van der Waals surface area contributed by atoms with Crippen LogP contribution in [0.2, 0.25) is 0 Å². The minimum absolute atomic E-state index is 0.0976. The van der Waals surface area contributed by atoms with Gasteiger partial charge in [-0.2, -0.15) is 0 Å². The van der Waals surface area contributed by atoms with E-state index in [9.17, 15) is 14.4 Å². The standard InChI is InChI=1S/C22H25NO7/c1-4-28-17(24)20(18(25)29-5-2)10-15-21(11-20)13-8-6-7-9-14(13)23(19(26)27-3)16(21)22(15)12-30-22/h6-9,15-16H,4-5,10-12H2,1-3H3/t15-,16-,21-,22+/m1/s1. The Kier molecular flexibility index (Phi) is 4.00. The Bertz CT molecular complexity index is 921. The van der Waals surface area contributed by atoms with Gasteiger partial charge in [0.1, 0.15) is 5.60 Å². The van der Waals surface area contributed by atoms with E-state index in [0.717, 1.165) is 11.3 Å². The first-order valence-electron chi connectivity index (χ1n) is 10.4. The van der Waals surface area contributed by atoms with Gasteiger partial charge < -0.3 is 18.9 Å². The number of amides is 1. The summed E-state index contributed by atoms with van der Waals surface area (Å²) in [6.07, 6.45) is 0.0371. The Labute approximate surface area is 174 Å². The van der Waals surface area contributed by atoms with Gasteiger partial charge in [0.2, 0.25) is 0 Å². The topological polar surface area (TPSA) is 94.7 Å². The molecule has 4 atom stereocenters. The van der Waals surface area contributed by atoms with Crippen LogP contribution in [0.4, 0.5) is 10.5 Å². The summed E-state index contributed by atoms with van der Waals surface area (Å²) in [5.74, 6) is -1.22. The predicted octanol–water partition coefficient (Wildman–Crippen LogP) is 2.18. The maximum absolute atomic E-state index is 13.1. The molecule has 2 aliphatic heterocycles. The highest BCUT2D eigenvalue weighted by molar-refractivity contribution is 6.02. The summed E-state index contributed by atoms with van der Waals surface area (Å²) in [6.45, 7) is 4.27. The normalized spacial score (nSPS) is 33.8. The maximum atomic E-state index is 13.1. The molecule has 2 heterocycles. The number of rotatable bonds is 4. The number of carbonyl (C=O) groups is 3. The van der Waals surface area contributed by atoms with Crippen molar-refractivity contribution >= 4 is 23.7 Å². The van der Waals surface area contributed by atoms with E-state index in [1.165, 1.54) is 7.11 Å². The second-order valence-electron chi connectivity index (χ2n) is 8.50. The lowest BCUT2D eigenvalue weighted by molar-refractivity contribution is -0.172. The maximum Gasteiger partial charge on any atom is 0.414 e. The first-order chi connectivity index (χ1) is 14.4. The second kappa shape index (κ2) is 6.20. The van der Waals surface area contributed by atoms with Gasteiger partial charge in [0.05, 0.1) is 38.7 Å². The number of nitrogens with zero attached hydrogens (tertiary/aromatic N) is 1. The average Bonchev–Trinajstić information content (AvgIpc) is 3.44. The molecule has 0 bridgehead atoms. The fraction of sp³-hybridized carbons (Fsp3) is 0.591. The van der Waals surface area contributed by atoms with Gasteiger partial charge in [-0.05, 0) is 38.3 Å². The van der Waals surface area contributed by atoms with Crippen molar-refractivity contribution in [3.05, 3.63) is 29.8 Å². The molecule has 1 saturated heterocycles. The molecule has 0 radical (unpaired) electrons. The van der Waals surface area contributed by atoms with E-state index in [1.54, 1.807) is 18.7 Å². The van der Waals surface area contributed by atoms with Crippen LogP contribution >= 0.6 is 0 Å². The van der Waals surface area contributed by atoms with Gasteiger partial charge in [0.25, 0.3) is 0 Å². The van der Waals surface area contributed by atoms with Crippen molar-refractivity contribution < 1.29 is 33.3 Å². The number of para-hydroxylation sites is 1. The molecule has 1 aromatic carbocycles. The van der Waals surface area contributed by atoms with E-state index in [-0.39, 0.29) is 38.0 Å². The van der Waals surface area contributed by atoms with Crippen molar-refractivity contribution in [3.8, 4) is 0 Å². The van der Waals surface area contributed by atoms with Crippen molar-refractivity contribution in [3.63, 3.8) is 0 Å². The molecule has 2 aliphatic carbocycles. The van der Waals surface area contributed by atoms with Crippen LogP contribution in [0, 0.1) is 11.3 Å². The van der Waals surface area contributed by atoms with E-state index in [1.807, 2.05) is 24.3 Å². The Balaban J connectivity index is 1.67. The number of anilines is 1. The molecule has 0 N–H and O–H groups in total. The first kappa shape index (κ1) is 19.4. The quantitative estimate of drug-likeness (QED) is 0.322. The second-order valence-corrected chi connectivity index (χ2v) is 8.50. The van der Waals surface area contributed by atoms with Crippen molar-refractivity contribution in [1.82, 2.24) is 0 Å².